The summed E-state index contributed by atoms with van der Waals surface area (Å²) < 4.78 is 9.88. The van der Waals surface area contributed by atoms with Crippen LogP contribution in [-0.4, -0.2) is 42.5 Å². The summed E-state index contributed by atoms with van der Waals surface area (Å²) in [5.74, 6) is 0.988. The van der Waals surface area contributed by atoms with Crippen LogP contribution in [0.2, 0.25) is 3.37 Å². The Morgan fingerprint density at radius 3 is 2.39 bits per heavy atom. The van der Waals surface area contributed by atoms with Crippen LogP contribution in [-0.2, 0) is 0 Å². The van der Waals surface area contributed by atoms with Crippen LogP contribution < -0.4 is 12.8 Å². The molecule has 2 aromatic carbocycles. The molecule has 0 bridgehead atoms. The second kappa shape index (κ2) is 7.87. The van der Waals surface area contributed by atoms with Crippen molar-refractivity contribution in [2.24, 2.45) is 0 Å². The van der Waals surface area contributed by atoms with Gasteiger partial charge in [-0.25, -0.2) is 0 Å². The summed E-state index contributed by atoms with van der Waals surface area (Å²) in [6, 6.07) is 19.5. The fourth-order valence-corrected chi connectivity index (χ4v) is 8.76. The van der Waals surface area contributed by atoms with Crippen LogP contribution in [0.5, 0.6) is 5.75 Å². The Morgan fingerprint density at radius 2 is 1.72 bits per heavy atom. The molecule has 0 saturated carbocycles. The third-order valence-corrected chi connectivity index (χ3v) is 9.32. The first kappa shape index (κ1) is 14.0. The van der Waals surface area contributed by atoms with Crippen LogP contribution >= 0.6 is 0 Å². The van der Waals surface area contributed by atoms with Gasteiger partial charge < -0.3 is 0 Å². The standard InChI is InChI=1S/C15H16OSeTe/c1-2-16-13-8-10-15(11-9-13)18-12-17-14-6-4-3-5-7-14/h3-11H,2,12H2,1H3. The van der Waals surface area contributed by atoms with E-state index < -0.39 is 0 Å². The van der Waals surface area contributed by atoms with Crippen molar-refractivity contribution in [1.82, 2.24) is 0 Å². The van der Waals surface area contributed by atoms with E-state index >= 15 is 0 Å². The topological polar surface area (TPSA) is 9.23 Å². The summed E-state index contributed by atoms with van der Waals surface area (Å²) in [7, 11) is 0. The van der Waals surface area contributed by atoms with Crippen molar-refractivity contribution in [2.45, 2.75) is 10.3 Å². The third kappa shape index (κ3) is 4.67. The molecule has 0 aliphatic rings. The van der Waals surface area contributed by atoms with Gasteiger partial charge in [-0.1, -0.05) is 0 Å². The Kier molecular flexibility index (Phi) is 6.11. The number of ether oxygens (including phenoxy) is 1. The summed E-state index contributed by atoms with van der Waals surface area (Å²) in [5, 5.41) is 0. The van der Waals surface area contributed by atoms with E-state index in [0.717, 1.165) is 12.4 Å². The molecule has 94 valence electrons. The van der Waals surface area contributed by atoms with Crippen LogP contribution in [0.1, 0.15) is 6.92 Å². The van der Waals surface area contributed by atoms with Gasteiger partial charge in [-0.3, -0.25) is 0 Å². The van der Waals surface area contributed by atoms with Gasteiger partial charge in [-0.15, -0.1) is 0 Å². The molecule has 18 heavy (non-hydrogen) atoms. The average molecular weight is 419 g/mol. The van der Waals surface area contributed by atoms with Crippen LogP contribution in [0.3, 0.4) is 0 Å². The van der Waals surface area contributed by atoms with E-state index in [0.29, 0.717) is 15.0 Å². The number of hydrogen-bond acceptors (Lipinski definition) is 1. The van der Waals surface area contributed by atoms with Gasteiger partial charge in [0.1, 0.15) is 0 Å². The zero-order valence-corrected chi connectivity index (χ0v) is 14.4. The first-order valence-corrected chi connectivity index (χ1v) is 10.8. The van der Waals surface area contributed by atoms with Gasteiger partial charge in [-0.05, 0) is 0 Å². The Balaban J connectivity index is 1.80. The van der Waals surface area contributed by atoms with Gasteiger partial charge in [0.2, 0.25) is 0 Å². The second-order valence-electron chi connectivity index (χ2n) is 3.62. The molecule has 0 N–H and O–H groups in total. The molecule has 0 saturated heterocycles. The predicted octanol–water partition coefficient (Wildman–Crippen LogP) is 1.82. The van der Waals surface area contributed by atoms with E-state index in [-0.39, 0.29) is 20.9 Å². The van der Waals surface area contributed by atoms with Crippen LogP contribution in [0.4, 0.5) is 0 Å². The molecule has 3 heteroatoms. The van der Waals surface area contributed by atoms with Crippen LogP contribution in [0, 0.1) is 0 Å². The molecule has 0 heterocycles. The molecule has 0 aliphatic heterocycles. The minimum atomic E-state index is -0.0318. The molecule has 0 aromatic heterocycles. The van der Waals surface area contributed by atoms with Crippen molar-refractivity contribution in [1.29, 1.82) is 0 Å². The fourth-order valence-electron chi connectivity index (χ4n) is 1.48. The molecule has 0 amide bonds. The molecule has 0 spiro atoms. The molecule has 0 unspecified atom stereocenters. The maximum absolute atomic E-state index is 5.45. The van der Waals surface area contributed by atoms with E-state index in [4.69, 9.17) is 4.74 Å². The first-order valence-electron chi connectivity index (χ1n) is 5.92. The van der Waals surface area contributed by atoms with Crippen molar-refractivity contribution in [3.63, 3.8) is 0 Å². The van der Waals surface area contributed by atoms with E-state index in [1.165, 1.54) is 11.4 Å². The van der Waals surface area contributed by atoms with Crippen molar-refractivity contribution >= 4 is 44.0 Å². The third-order valence-electron chi connectivity index (χ3n) is 2.33. The zero-order valence-electron chi connectivity index (χ0n) is 10.3. The molecule has 2 rings (SSSR count). The Labute approximate surface area is 125 Å². The summed E-state index contributed by atoms with van der Waals surface area (Å²) in [4.78, 5) is 0. The maximum atomic E-state index is 5.45. The van der Waals surface area contributed by atoms with Gasteiger partial charge >= 0.3 is 126 Å². The van der Waals surface area contributed by atoms with E-state index in [1.807, 2.05) is 6.92 Å². The normalized spacial score (nSPS) is 10.3. The number of rotatable bonds is 6. The Bertz CT molecular complexity index is 456. The van der Waals surface area contributed by atoms with Crippen molar-refractivity contribution in [2.75, 3.05) is 6.61 Å². The molecular formula is C15H16OSeTe. The Hall–Kier alpha value is -0.451. The van der Waals surface area contributed by atoms with Crippen molar-refractivity contribution < 1.29 is 4.74 Å². The van der Waals surface area contributed by atoms with E-state index in [2.05, 4.69) is 54.6 Å². The summed E-state index contributed by atoms with van der Waals surface area (Å²) in [5.41, 5.74) is 0. The van der Waals surface area contributed by atoms with Gasteiger partial charge in [0.15, 0.2) is 0 Å². The molecule has 2 aromatic rings. The number of hydrogen-bond donors (Lipinski definition) is 0. The van der Waals surface area contributed by atoms with Crippen LogP contribution in [0.25, 0.3) is 0 Å². The van der Waals surface area contributed by atoms with Gasteiger partial charge in [0.05, 0.1) is 0 Å². The summed E-state index contributed by atoms with van der Waals surface area (Å²) in [6.07, 6.45) is 0. The quantitative estimate of drug-likeness (QED) is 0.650. The van der Waals surface area contributed by atoms with E-state index in [1.54, 1.807) is 0 Å². The zero-order chi connectivity index (χ0) is 12.6. The van der Waals surface area contributed by atoms with Crippen molar-refractivity contribution in [3.05, 3.63) is 54.6 Å². The van der Waals surface area contributed by atoms with Gasteiger partial charge in [0, 0.05) is 0 Å². The second-order valence-corrected chi connectivity index (χ2v) is 11.4. The minimum absolute atomic E-state index is 0.0318. The molecular weight excluding hydrogens is 403 g/mol. The van der Waals surface area contributed by atoms with E-state index in [9.17, 15) is 0 Å². The first-order chi connectivity index (χ1) is 8.88. The average Bonchev–Trinajstić information content (AvgIpc) is 2.42. The molecule has 0 atom stereocenters. The fraction of sp³-hybridized carbons (Fsp3) is 0.200. The summed E-state index contributed by atoms with van der Waals surface area (Å²) in [6.45, 7) is 2.76. The molecule has 0 aliphatic carbocycles. The number of benzene rings is 2. The van der Waals surface area contributed by atoms with Crippen molar-refractivity contribution in [3.8, 4) is 5.75 Å². The van der Waals surface area contributed by atoms with Gasteiger partial charge in [-0.2, -0.15) is 0 Å². The SMILES string of the molecule is CCOc1ccc([Te]C[Se]c2ccccc2)cc1. The summed E-state index contributed by atoms with van der Waals surface area (Å²) >= 11 is 0.609. The monoisotopic (exact) mass is 422 g/mol. The van der Waals surface area contributed by atoms with Crippen LogP contribution in [0.15, 0.2) is 54.6 Å². The molecule has 0 radical (unpaired) electrons. The Morgan fingerprint density at radius 1 is 1.00 bits per heavy atom. The molecule has 1 nitrogen and oxygen atoms in total. The molecule has 0 fully saturated rings. The predicted molar refractivity (Wildman–Crippen MR) is 79.6 cm³/mol. The van der Waals surface area contributed by atoms with Gasteiger partial charge in [0.25, 0.3) is 0 Å².